The molecule has 4 rings (SSSR count). The third-order valence-corrected chi connectivity index (χ3v) is 5.71. The fourth-order valence-electron chi connectivity index (χ4n) is 3.33. The lowest BCUT2D eigenvalue weighted by atomic mass is 10.1. The van der Waals surface area contributed by atoms with Crippen molar-refractivity contribution < 1.29 is 9.90 Å². The molecular weight excluding hydrogens is 384 g/mol. The van der Waals surface area contributed by atoms with E-state index in [1.807, 2.05) is 66.0 Å². The monoisotopic (exact) mass is 404 g/mol. The highest BCUT2D eigenvalue weighted by atomic mass is 32.1. The van der Waals surface area contributed by atoms with Crippen molar-refractivity contribution in [2.45, 2.75) is 13.0 Å². The van der Waals surface area contributed by atoms with Gasteiger partial charge in [-0.3, -0.25) is 9.59 Å². The number of hydrogen-bond acceptors (Lipinski definition) is 4. The van der Waals surface area contributed by atoms with E-state index in [1.54, 1.807) is 10.6 Å². The van der Waals surface area contributed by atoms with E-state index < -0.39 is 11.5 Å². The summed E-state index contributed by atoms with van der Waals surface area (Å²) in [6.07, 6.45) is 0.646. The van der Waals surface area contributed by atoms with Gasteiger partial charge in [0.2, 0.25) is 0 Å². The van der Waals surface area contributed by atoms with Gasteiger partial charge in [-0.25, -0.2) is 0 Å². The predicted molar refractivity (Wildman–Crippen MR) is 116 cm³/mol. The number of pyridine rings is 1. The first-order valence-corrected chi connectivity index (χ1v) is 10.2. The van der Waals surface area contributed by atoms with Gasteiger partial charge in [-0.1, -0.05) is 60.7 Å². The highest BCUT2D eigenvalue weighted by Gasteiger charge is 2.23. The number of hydrogen-bond donors (Lipinski definition) is 2. The number of aromatic hydroxyl groups is 1. The van der Waals surface area contributed by atoms with Crippen molar-refractivity contribution in [3.63, 3.8) is 0 Å². The first-order chi connectivity index (χ1) is 14.1. The van der Waals surface area contributed by atoms with Crippen molar-refractivity contribution in [3.05, 3.63) is 99.2 Å². The van der Waals surface area contributed by atoms with E-state index in [-0.39, 0.29) is 11.3 Å². The van der Waals surface area contributed by atoms with E-state index >= 15 is 0 Å². The summed E-state index contributed by atoms with van der Waals surface area (Å²) in [6, 6.07) is 21.1. The summed E-state index contributed by atoms with van der Waals surface area (Å²) in [4.78, 5) is 25.9. The zero-order chi connectivity index (χ0) is 20.2. The second-order valence-electron chi connectivity index (χ2n) is 6.73. The van der Waals surface area contributed by atoms with E-state index in [1.165, 1.54) is 11.3 Å². The lowest BCUT2D eigenvalue weighted by molar-refractivity contribution is 0.0949. The molecule has 4 aromatic rings. The molecule has 2 N–H and O–H groups in total. The fraction of sp³-hybridized carbons (Fsp3) is 0.130. The highest BCUT2D eigenvalue weighted by molar-refractivity contribution is 7.17. The van der Waals surface area contributed by atoms with E-state index in [4.69, 9.17) is 0 Å². The van der Waals surface area contributed by atoms with Gasteiger partial charge in [-0.05, 0) is 29.0 Å². The van der Waals surface area contributed by atoms with Crippen molar-refractivity contribution in [3.8, 4) is 5.75 Å². The summed E-state index contributed by atoms with van der Waals surface area (Å²) in [7, 11) is 0. The van der Waals surface area contributed by atoms with Crippen LogP contribution >= 0.6 is 11.3 Å². The number of carbonyl (C=O) groups excluding carboxylic acids is 1. The summed E-state index contributed by atoms with van der Waals surface area (Å²) in [6.45, 7) is 0.709. The summed E-state index contributed by atoms with van der Waals surface area (Å²) in [5.41, 5.74) is 1.97. The summed E-state index contributed by atoms with van der Waals surface area (Å²) < 4.78 is 2.08. The van der Waals surface area contributed by atoms with Gasteiger partial charge in [0, 0.05) is 6.54 Å². The van der Waals surface area contributed by atoms with Crippen LogP contribution < -0.4 is 10.9 Å². The quantitative estimate of drug-likeness (QED) is 0.514. The Morgan fingerprint density at radius 3 is 2.31 bits per heavy atom. The van der Waals surface area contributed by atoms with Gasteiger partial charge in [-0.2, -0.15) is 0 Å². The molecular formula is C23H20N2O3S. The molecule has 5 nitrogen and oxygen atoms in total. The van der Waals surface area contributed by atoms with E-state index in [0.29, 0.717) is 29.7 Å². The number of amides is 1. The van der Waals surface area contributed by atoms with Crippen LogP contribution in [0.3, 0.4) is 0 Å². The Bertz CT molecular complexity index is 1200. The largest absolute Gasteiger partial charge is 0.505 e. The second-order valence-corrected chi connectivity index (χ2v) is 7.64. The smallest absolute Gasteiger partial charge is 0.268 e. The Morgan fingerprint density at radius 1 is 0.966 bits per heavy atom. The van der Waals surface area contributed by atoms with Crippen LogP contribution in [-0.2, 0) is 13.0 Å². The van der Waals surface area contributed by atoms with Crippen molar-refractivity contribution in [1.29, 1.82) is 0 Å². The van der Waals surface area contributed by atoms with Gasteiger partial charge in [0.05, 0.1) is 16.8 Å². The first-order valence-electron chi connectivity index (χ1n) is 9.34. The van der Waals surface area contributed by atoms with Crippen molar-refractivity contribution in [2.24, 2.45) is 0 Å². The molecule has 1 amide bonds. The van der Waals surface area contributed by atoms with Gasteiger partial charge < -0.3 is 15.0 Å². The van der Waals surface area contributed by atoms with Gasteiger partial charge in [0.25, 0.3) is 11.5 Å². The maximum atomic E-state index is 13.1. The fourth-order valence-corrected chi connectivity index (χ4v) is 4.18. The Labute approximate surface area is 171 Å². The molecule has 2 aromatic heterocycles. The number of thiophene rings is 1. The Morgan fingerprint density at radius 2 is 1.62 bits per heavy atom. The molecule has 0 aliphatic rings. The minimum absolute atomic E-state index is 0.205. The average Bonchev–Trinajstić information content (AvgIpc) is 3.23. The highest BCUT2D eigenvalue weighted by Crippen LogP contribution is 2.31. The zero-order valence-corrected chi connectivity index (χ0v) is 16.5. The molecule has 0 bridgehead atoms. The van der Waals surface area contributed by atoms with Crippen molar-refractivity contribution in [2.75, 3.05) is 6.54 Å². The van der Waals surface area contributed by atoms with E-state index in [0.717, 1.165) is 11.1 Å². The first kappa shape index (κ1) is 19.0. The van der Waals surface area contributed by atoms with Crippen LogP contribution in [0.5, 0.6) is 5.75 Å². The van der Waals surface area contributed by atoms with Crippen LogP contribution in [-0.4, -0.2) is 22.1 Å². The number of nitrogens with one attached hydrogen (secondary N) is 1. The van der Waals surface area contributed by atoms with Crippen LogP contribution in [0.15, 0.2) is 76.9 Å². The topological polar surface area (TPSA) is 71.3 Å². The Kier molecular flexibility index (Phi) is 5.44. The third-order valence-electron chi connectivity index (χ3n) is 4.80. The summed E-state index contributed by atoms with van der Waals surface area (Å²) >= 11 is 1.31. The number of nitrogens with zero attached hydrogens (tertiary/aromatic N) is 1. The molecule has 0 spiro atoms. The van der Waals surface area contributed by atoms with Crippen LogP contribution in [0, 0.1) is 0 Å². The minimum Gasteiger partial charge on any atom is -0.505 e. The lowest BCUT2D eigenvalue weighted by Gasteiger charge is -2.13. The normalized spacial score (nSPS) is 10.9. The van der Waals surface area contributed by atoms with Crippen molar-refractivity contribution >= 4 is 27.5 Å². The van der Waals surface area contributed by atoms with E-state index in [9.17, 15) is 14.7 Å². The Hall–Kier alpha value is -3.38. The molecule has 0 saturated heterocycles. The van der Waals surface area contributed by atoms with Crippen LogP contribution in [0.2, 0.25) is 0 Å². The van der Waals surface area contributed by atoms with Gasteiger partial charge in [0.1, 0.15) is 5.56 Å². The molecule has 0 fully saturated rings. The number of aromatic nitrogens is 1. The predicted octanol–water partition coefficient (Wildman–Crippen LogP) is 3.79. The molecule has 29 heavy (non-hydrogen) atoms. The number of benzene rings is 2. The molecule has 146 valence electrons. The number of fused-ring (bicyclic) bond motifs is 1. The molecule has 0 unspecified atom stereocenters. The molecule has 0 aliphatic carbocycles. The van der Waals surface area contributed by atoms with Crippen LogP contribution in [0.25, 0.3) is 10.2 Å². The molecule has 0 saturated carbocycles. The SMILES string of the molecule is O=C(NCCc1ccccc1)c1c(O)c2sccc2n(Cc2ccccc2)c1=O. The maximum Gasteiger partial charge on any atom is 0.268 e. The minimum atomic E-state index is -0.555. The lowest BCUT2D eigenvalue weighted by Crippen LogP contribution is -2.34. The summed E-state index contributed by atoms with van der Waals surface area (Å²) in [5, 5.41) is 15.2. The average molecular weight is 404 g/mol. The molecule has 2 heterocycles. The standard InChI is InChI=1S/C23H20N2O3S/c26-20-19(22(27)24-13-11-16-7-3-1-4-8-16)23(28)25(18-12-14-29-21(18)20)15-17-9-5-2-6-10-17/h1-10,12,14,26H,11,13,15H2,(H,24,27). The number of rotatable bonds is 6. The molecule has 0 aliphatic heterocycles. The second kappa shape index (κ2) is 8.32. The van der Waals surface area contributed by atoms with Gasteiger partial charge >= 0.3 is 0 Å². The molecule has 2 aromatic carbocycles. The Balaban J connectivity index is 1.65. The number of carbonyl (C=O) groups is 1. The zero-order valence-electron chi connectivity index (χ0n) is 15.7. The maximum absolute atomic E-state index is 13.1. The van der Waals surface area contributed by atoms with Crippen molar-refractivity contribution in [1.82, 2.24) is 9.88 Å². The van der Waals surface area contributed by atoms with Crippen LogP contribution in [0.4, 0.5) is 0 Å². The molecule has 6 heteroatoms. The van der Waals surface area contributed by atoms with Crippen LogP contribution in [0.1, 0.15) is 21.5 Å². The summed E-state index contributed by atoms with van der Waals surface area (Å²) in [5.74, 6) is -0.804. The molecule has 0 radical (unpaired) electrons. The van der Waals surface area contributed by atoms with E-state index in [2.05, 4.69) is 5.32 Å². The third kappa shape index (κ3) is 3.93. The van der Waals surface area contributed by atoms with Gasteiger partial charge in [-0.15, -0.1) is 11.3 Å². The van der Waals surface area contributed by atoms with Gasteiger partial charge in [0.15, 0.2) is 5.75 Å². The molecule has 0 atom stereocenters.